The molecule has 20 heavy (non-hydrogen) atoms. The van der Waals surface area contributed by atoms with Crippen LogP contribution in [0.3, 0.4) is 0 Å². The van der Waals surface area contributed by atoms with Crippen molar-refractivity contribution in [1.82, 2.24) is 0 Å². The molecule has 0 N–H and O–H groups in total. The Morgan fingerprint density at radius 2 is 1.65 bits per heavy atom. The van der Waals surface area contributed by atoms with Crippen molar-refractivity contribution < 1.29 is 32.6 Å². The van der Waals surface area contributed by atoms with Crippen molar-refractivity contribution in [2.24, 2.45) is 0 Å². The maximum atomic E-state index is 10.9. The van der Waals surface area contributed by atoms with Crippen LogP contribution in [0.25, 0.3) is 0 Å². The quantitative estimate of drug-likeness (QED) is 0.357. The second kappa shape index (κ2) is 8.90. The SMILES string of the molecule is CC(C)=CCCC(C)=CCCOP(=O)([O-])OP(=O)([O-])[O-]. The number of allylic oxidation sites excluding steroid dienone is 3. The predicted octanol–water partition coefficient (Wildman–Crippen LogP) is 1.40. The molecule has 9 heteroatoms. The molecule has 0 aliphatic carbocycles. The molecule has 0 aromatic heterocycles. The first-order chi connectivity index (χ1) is 9.02. The second-order valence-electron chi connectivity index (χ2n) is 4.47. The highest BCUT2D eigenvalue weighted by Crippen LogP contribution is 2.50. The summed E-state index contributed by atoms with van der Waals surface area (Å²) in [6, 6.07) is 0. The van der Waals surface area contributed by atoms with E-state index < -0.39 is 15.6 Å². The van der Waals surface area contributed by atoms with Gasteiger partial charge in [-0.3, -0.25) is 8.88 Å². The molecule has 0 amide bonds. The predicted molar refractivity (Wildman–Crippen MR) is 69.3 cm³/mol. The van der Waals surface area contributed by atoms with Crippen molar-refractivity contribution in [3.8, 4) is 0 Å². The topological polar surface area (TPSA) is 122 Å². The Kier molecular flexibility index (Phi) is 8.79. The molecule has 1 unspecified atom stereocenters. The molecule has 118 valence electrons. The summed E-state index contributed by atoms with van der Waals surface area (Å²) in [4.78, 5) is 31.2. The van der Waals surface area contributed by atoms with E-state index in [1.807, 2.05) is 20.8 Å². The summed E-state index contributed by atoms with van der Waals surface area (Å²) in [5.74, 6) is 0. The molecule has 0 spiro atoms. The van der Waals surface area contributed by atoms with Gasteiger partial charge in [0.25, 0.3) is 7.82 Å². The third kappa shape index (κ3) is 12.8. The lowest BCUT2D eigenvalue weighted by Gasteiger charge is -2.34. The van der Waals surface area contributed by atoms with Gasteiger partial charge in [-0.05, 0) is 40.0 Å². The molecule has 0 heterocycles. The highest BCUT2D eigenvalue weighted by Gasteiger charge is 2.10. The summed E-state index contributed by atoms with van der Waals surface area (Å²) in [6.07, 6.45) is 5.88. The van der Waals surface area contributed by atoms with E-state index in [4.69, 9.17) is 0 Å². The highest BCUT2D eigenvalue weighted by atomic mass is 31.3. The van der Waals surface area contributed by atoms with Crippen molar-refractivity contribution in [3.63, 3.8) is 0 Å². The minimum atomic E-state index is -5.60. The molecule has 0 bridgehead atoms. The van der Waals surface area contributed by atoms with Crippen LogP contribution in [0.5, 0.6) is 0 Å². The van der Waals surface area contributed by atoms with Crippen molar-refractivity contribution >= 4 is 15.6 Å². The van der Waals surface area contributed by atoms with E-state index in [1.165, 1.54) is 5.57 Å². The molecular formula is C11H19O7P2-3. The number of phosphoric acid groups is 2. The minimum absolute atomic E-state index is 0.276. The summed E-state index contributed by atoms with van der Waals surface area (Å²) < 4.78 is 28.6. The number of hydrogen-bond acceptors (Lipinski definition) is 7. The molecule has 1 atom stereocenters. The second-order valence-corrected chi connectivity index (χ2v) is 7.17. The van der Waals surface area contributed by atoms with Crippen LogP contribution in [0.15, 0.2) is 23.3 Å². The lowest BCUT2D eigenvalue weighted by molar-refractivity contribution is -0.339. The van der Waals surface area contributed by atoms with Gasteiger partial charge in [-0.15, -0.1) is 0 Å². The van der Waals surface area contributed by atoms with Crippen LogP contribution in [0, 0.1) is 0 Å². The van der Waals surface area contributed by atoms with Crippen LogP contribution in [-0.4, -0.2) is 6.61 Å². The van der Waals surface area contributed by atoms with E-state index in [2.05, 4.69) is 14.9 Å². The molecule has 0 aromatic rings. The Morgan fingerprint density at radius 3 is 2.15 bits per heavy atom. The molecule has 0 aliphatic rings. The fraction of sp³-hybridized carbons (Fsp3) is 0.636. The summed E-state index contributed by atoms with van der Waals surface area (Å²) in [6.45, 7) is 5.63. The smallest absolute Gasteiger partial charge is 0.271 e. The van der Waals surface area contributed by atoms with Gasteiger partial charge in [0, 0.05) is 0 Å². The Balaban J connectivity index is 4.03. The van der Waals surface area contributed by atoms with E-state index in [0.717, 1.165) is 18.4 Å². The van der Waals surface area contributed by atoms with Crippen molar-refractivity contribution in [2.45, 2.75) is 40.0 Å². The fourth-order valence-electron chi connectivity index (χ4n) is 1.31. The Morgan fingerprint density at radius 1 is 1.05 bits per heavy atom. The third-order valence-corrected chi connectivity index (χ3v) is 4.25. The summed E-state index contributed by atoms with van der Waals surface area (Å²) >= 11 is 0. The van der Waals surface area contributed by atoms with Crippen LogP contribution in [0.4, 0.5) is 0 Å². The van der Waals surface area contributed by atoms with E-state index in [0.29, 0.717) is 0 Å². The van der Waals surface area contributed by atoms with E-state index >= 15 is 0 Å². The van der Waals surface area contributed by atoms with Gasteiger partial charge < -0.3 is 23.8 Å². The summed E-state index contributed by atoms with van der Waals surface area (Å²) in [7, 11) is -10.7. The molecule has 0 aromatic carbocycles. The van der Waals surface area contributed by atoms with Crippen LogP contribution >= 0.6 is 15.6 Å². The van der Waals surface area contributed by atoms with Gasteiger partial charge in [-0.2, -0.15) is 0 Å². The first-order valence-electron chi connectivity index (χ1n) is 6.00. The van der Waals surface area contributed by atoms with Gasteiger partial charge in [-0.25, -0.2) is 0 Å². The van der Waals surface area contributed by atoms with Gasteiger partial charge in [0.2, 0.25) is 0 Å². The van der Waals surface area contributed by atoms with Gasteiger partial charge in [-0.1, -0.05) is 23.3 Å². The normalized spacial score (nSPS) is 15.8. The number of phosphoric ester groups is 1. The molecule has 0 saturated heterocycles. The molecule has 0 radical (unpaired) electrons. The Hall–Kier alpha value is -0.260. The molecule has 0 saturated carbocycles. The highest BCUT2D eigenvalue weighted by molar-refractivity contribution is 7.58. The molecule has 0 fully saturated rings. The zero-order chi connectivity index (χ0) is 15.8. The maximum Gasteiger partial charge on any atom is 0.271 e. The van der Waals surface area contributed by atoms with Gasteiger partial charge in [0.15, 0.2) is 0 Å². The lowest BCUT2D eigenvalue weighted by atomic mass is 10.1. The molecular weight excluding hydrogens is 306 g/mol. The number of hydrogen-bond donors (Lipinski definition) is 0. The monoisotopic (exact) mass is 325 g/mol. The van der Waals surface area contributed by atoms with E-state index in [9.17, 15) is 23.8 Å². The van der Waals surface area contributed by atoms with Crippen LogP contribution in [0.1, 0.15) is 40.0 Å². The number of rotatable bonds is 9. The summed E-state index contributed by atoms with van der Waals surface area (Å²) in [5, 5.41) is 0. The third-order valence-electron chi connectivity index (χ3n) is 2.15. The van der Waals surface area contributed by atoms with Crippen molar-refractivity contribution in [1.29, 1.82) is 0 Å². The molecule has 0 rings (SSSR count). The first-order valence-corrected chi connectivity index (χ1v) is 8.92. The maximum absolute atomic E-state index is 10.9. The average molecular weight is 325 g/mol. The largest absolute Gasteiger partial charge is 0.790 e. The average Bonchev–Trinajstić information content (AvgIpc) is 2.20. The van der Waals surface area contributed by atoms with Crippen LogP contribution in [0.2, 0.25) is 0 Å². The van der Waals surface area contributed by atoms with E-state index in [-0.39, 0.29) is 13.0 Å². The first kappa shape index (κ1) is 19.7. The van der Waals surface area contributed by atoms with Gasteiger partial charge >= 0.3 is 0 Å². The van der Waals surface area contributed by atoms with E-state index in [1.54, 1.807) is 6.08 Å². The van der Waals surface area contributed by atoms with Gasteiger partial charge in [0.05, 0.1) is 14.4 Å². The zero-order valence-corrected chi connectivity index (χ0v) is 13.5. The van der Waals surface area contributed by atoms with Crippen LogP contribution < -0.4 is 14.7 Å². The van der Waals surface area contributed by atoms with Crippen molar-refractivity contribution in [2.75, 3.05) is 6.61 Å². The van der Waals surface area contributed by atoms with Crippen LogP contribution in [-0.2, 0) is 18.0 Å². The fourth-order valence-corrected chi connectivity index (χ4v) is 2.80. The summed E-state index contributed by atoms with van der Waals surface area (Å²) in [5.41, 5.74) is 2.29. The Bertz CT molecular complexity index is 446. The molecule has 0 aliphatic heterocycles. The van der Waals surface area contributed by atoms with Gasteiger partial charge in [0.1, 0.15) is 0 Å². The Labute approximate surface area is 119 Å². The molecule has 7 nitrogen and oxygen atoms in total. The lowest BCUT2D eigenvalue weighted by Crippen LogP contribution is -2.19. The van der Waals surface area contributed by atoms with Crippen molar-refractivity contribution in [3.05, 3.63) is 23.3 Å². The standard InChI is InChI=1S/C11H22O7P2/c1-10(2)6-4-7-11(3)8-5-9-17-20(15,16)18-19(12,13)14/h6,8H,4-5,7,9H2,1-3H3,(H,15,16)(H2,12,13,14)/p-3. The zero-order valence-electron chi connectivity index (χ0n) is 11.7. The minimum Gasteiger partial charge on any atom is -0.790 e.